The summed E-state index contributed by atoms with van der Waals surface area (Å²) in [6.07, 6.45) is 4.45. The maximum atomic E-state index is 4.23. The van der Waals surface area contributed by atoms with Crippen LogP contribution >= 0.6 is 0 Å². The lowest BCUT2D eigenvalue weighted by atomic mass is 9.85. The molecule has 3 heteroatoms. The number of likely N-dealkylation sites (N-methyl/N-ethyl adjacent to an activating group) is 1. The van der Waals surface area contributed by atoms with Gasteiger partial charge in [-0.05, 0) is 18.5 Å². The molecule has 3 nitrogen and oxygen atoms in total. The molecule has 0 fully saturated rings. The molecule has 0 aliphatic carbocycles. The SMILES string of the molecule is CNC(Cc1ncccn1)C(C)(C)C. The van der Waals surface area contributed by atoms with Crippen molar-refractivity contribution < 1.29 is 0 Å². The molecule has 0 bridgehead atoms. The minimum Gasteiger partial charge on any atom is -0.316 e. The zero-order valence-corrected chi connectivity index (χ0v) is 9.41. The summed E-state index contributed by atoms with van der Waals surface area (Å²) >= 11 is 0. The zero-order chi connectivity index (χ0) is 10.6. The minimum atomic E-state index is 0.230. The van der Waals surface area contributed by atoms with Crippen molar-refractivity contribution in [3.05, 3.63) is 24.3 Å². The standard InChI is InChI=1S/C11H19N3/c1-11(2,3)9(12-4)8-10-13-6-5-7-14-10/h5-7,9,12H,8H2,1-4H3. The second kappa shape index (κ2) is 4.51. The molecule has 0 aliphatic rings. The van der Waals surface area contributed by atoms with Crippen LogP contribution < -0.4 is 5.32 Å². The lowest BCUT2D eigenvalue weighted by molar-refractivity contribution is 0.276. The molecule has 1 atom stereocenters. The number of rotatable bonds is 3. The topological polar surface area (TPSA) is 37.8 Å². The van der Waals surface area contributed by atoms with Crippen molar-refractivity contribution >= 4 is 0 Å². The van der Waals surface area contributed by atoms with Crippen LogP contribution in [0.1, 0.15) is 26.6 Å². The summed E-state index contributed by atoms with van der Waals surface area (Å²) in [4.78, 5) is 8.46. The van der Waals surface area contributed by atoms with Gasteiger partial charge in [-0.15, -0.1) is 0 Å². The van der Waals surface area contributed by atoms with Crippen LogP contribution in [-0.2, 0) is 6.42 Å². The van der Waals surface area contributed by atoms with Gasteiger partial charge >= 0.3 is 0 Å². The van der Waals surface area contributed by atoms with E-state index in [1.54, 1.807) is 12.4 Å². The molecule has 0 radical (unpaired) electrons. The Bertz CT molecular complexity index is 264. The van der Waals surface area contributed by atoms with Crippen LogP contribution in [0.3, 0.4) is 0 Å². The molecule has 0 amide bonds. The van der Waals surface area contributed by atoms with Crippen LogP contribution in [0.15, 0.2) is 18.5 Å². The van der Waals surface area contributed by atoms with Crippen molar-refractivity contribution in [2.24, 2.45) is 5.41 Å². The highest BCUT2D eigenvalue weighted by Crippen LogP contribution is 2.20. The van der Waals surface area contributed by atoms with Gasteiger partial charge in [0.15, 0.2) is 0 Å². The Kier molecular flexibility index (Phi) is 3.58. The maximum absolute atomic E-state index is 4.23. The van der Waals surface area contributed by atoms with E-state index < -0.39 is 0 Å². The molecule has 0 aromatic carbocycles. The van der Waals surface area contributed by atoms with Gasteiger partial charge in [-0.1, -0.05) is 20.8 Å². The molecular formula is C11H19N3. The summed E-state index contributed by atoms with van der Waals surface area (Å²) in [6.45, 7) is 6.66. The average Bonchev–Trinajstić information content (AvgIpc) is 2.14. The minimum absolute atomic E-state index is 0.230. The first-order chi connectivity index (χ1) is 6.54. The van der Waals surface area contributed by atoms with Crippen LogP contribution in [0.2, 0.25) is 0 Å². The van der Waals surface area contributed by atoms with Crippen molar-refractivity contribution in [1.82, 2.24) is 15.3 Å². The smallest absolute Gasteiger partial charge is 0.129 e. The Balaban J connectivity index is 2.67. The zero-order valence-electron chi connectivity index (χ0n) is 9.41. The van der Waals surface area contributed by atoms with Crippen LogP contribution in [-0.4, -0.2) is 23.1 Å². The largest absolute Gasteiger partial charge is 0.316 e. The van der Waals surface area contributed by atoms with Gasteiger partial charge < -0.3 is 5.32 Å². The van der Waals surface area contributed by atoms with E-state index in [1.807, 2.05) is 13.1 Å². The molecule has 78 valence electrons. The molecule has 0 saturated carbocycles. The first kappa shape index (κ1) is 11.1. The van der Waals surface area contributed by atoms with E-state index in [2.05, 4.69) is 36.1 Å². The molecule has 1 aromatic rings. The Morgan fingerprint density at radius 2 is 1.86 bits per heavy atom. The Morgan fingerprint density at radius 3 is 2.29 bits per heavy atom. The third kappa shape index (κ3) is 3.07. The van der Waals surface area contributed by atoms with Gasteiger partial charge in [0.05, 0.1) is 0 Å². The van der Waals surface area contributed by atoms with Crippen LogP contribution in [0.4, 0.5) is 0 Å². The molecule has 1 unspecified atom stereocenters. The van der Waals surface area contributed by atoms with E-state index in [4.69, 9.17) is 0 Å². The van der Waals surface area contributed by atoms with Crippen molar-refractivity contribution in [2.45, 2.75) is 33.2 Å². The van der Waals surface area contributed by atoms with Gasteiger partial charge in [-0.25, -0.2) is 9.97 Å². The predicted molar refractivity (Wildman–Crippen MR) is 58.0 cm³/mol. The second-order valence-corrected chi connectivity index (χ2v) is 4.58. The summed E-state index contributed by atoms with van der Waals surface area (Å²) in [5.41, 5.74) is 0.230. The molecule has 1 aromatic heterocycles. The summed E-state index contributed by atoms with van der Waals surface area (Å²) in [5.74, 6) is 0.904. The predicted octanol–water partition coefficient (Wildman–Crippen LogP) is 1.65. The first-order valence-corrected chi connectivity index (χ1v) is 4.97. The number of nitrogens with one attached hydrogen (secondary N) is 1. The second-order valence-electron chi connectivity index (χ2n) is 4.58. The van der Waals surface area contributed by atoms with E-state index >= 15 is 0 Å². The third-order valence-electron chi connectivity index (χ3n) is 2.40. The van der Waals surface area contributed by atoms with Gasteiger partial charge in [0.2, 0.25) is 0 Å². The molecule has 14 heavy (non-hydrogen) atoms. The van der Waals surface area contributed by atoms with Crippen molar-refractivity contribution in [3.8, 4) is 0 Å². The highest BCUT2D eigenvalue weighted by Gasteiger charge is 2.23. The fraction of sp³-hybridized carbons (Fsp3) is 0.636. The van der Waals surface area contributed by atoms with Crippen molar-refractivity contribution in [1.29, 1.82) is 0 Å². The van der Waals surface area contributed by atoms with Gasteiger partial charge in [-0.2, -0.15) is 0 Å². The van der Waals surface area contributed by atoms with Gasteiger partial charge in [0, 0.05) is 24.9 Å². The van der Waals surface area contributed by atoms with Gasteiger partial charge in [0.1, 0.15) is 5.82 Å². The van der Waals surface area contributed by atoms with E-state index in [0.29, 0.717) is 6.04 Å². The third-order valence-corrected chi connectivity index (χ3v) is 2.40. The normalized spacial score (nSPS) is 14.0. The molecule has 0 aliphatic heterocycles. The molecule has 1 heterocycles. The molecule has 1 rings (SSSR count). The van der Waals surface area contributed by atoms with E-state index in [1.165, 1.54) is 0 Å². The fourth-order valence-corrected chi connectivity index (χ4v) is 1.46. The highest BCUT2D eigenvalue weighted by atomic mass is 14.9. The van der Waals surface area contributed by atoms with Crippen LogP contribution in [0.5, 0.6) is 0 Å². The number of hydrogen-bond donors (Lipinski definition) is 1. The lowest BCUT2D eigenvalue weighted by Gasteiger charge is -2.29. The van der Waals surface area contributed by atoms with Crippen molar-refractivity contribution in [3.63, 3.8) is 0 Å². The molecule has 0 saturated heterocycles. The number of aromatic nitrogens is 2. The van der Waals surface area contributed by atoms with Gasteiger partial charge in [0.25, 0.3) is 0 Å². The van der Waals surface area contributed by atoms with E-state index in [0.717, 1.165) is 12.2 Å². The monoisotopic (exact) mass is 193 g/mol. The Labute approximate surface area is 86.0 Å². The molecular weight excluding hydrogens is 174 g/mol. The van der Waals surface area contributed by atoms with Gasteiger partial charge in [-0.3, -0.25) is 0 Å². The van der Waals surface area contributed by atoms with E-state index in [-0.39, 0.29) is 5.41 Å². The molecule has 1 N–H and O–H groups in total. The number of hydrogen-bond acceptors (Lipinski definition) is 3. The summed E-state index contributed by atoms with van der Waals surface area (Å²) in [5, 5.41) is 3.31. The fourth-order valence-electron chi connectivity index (χ4n) is 1.46. The average molecular weight is 193 g/mol. The maximum Gasteiger partial charge on any atom is 0.129 e. The highest BCUT2D eigenvalue weighted by molar-refractivity contribution is 4.94. The summed E-state index contributed by atoms with van der Waals surface area (Å²) in [6, 6.07) is 2.25. The Morgan fingerprint density at radius 1 is 1.29 bits per heavy atom. The van der Waals surface area contributed by atoms with Crippen LogP contribution in [0, 0.1) is 5.41 Å². The van der Waals surface area contributed by atoms with Crippen molar-refractivity contribution in [2.75, 3.05) is 7.05 Å². The first-order valence-electron chi connectivity index (χ1n) is 4.97. The lowest BCUT2D eigenvalue weighted by Crippen LogP contribution is -2.40. The van der Waals surface area contributed by atoms with E-state index in [9.17, 15) is 0 Å². The summed E-state index contributed by atoms with van der Waals surface area (Å²) < 4.78 is 0. The summed E-state index contributed by atoms with van der Waals surface area (Å²) in [7, 11) is 1.98. The Hall–Kier alpha value is -0.960. The van der Waals surface area contributed by atoms with Crippen LogP contribution in [0.25, 0.3) is 0 Å². The quantitative estimate of drug-likeness (QED) is 0.793. The number of nitrogens with zero attached hydrogens (tertiary/aromatic N) is 2. The molecule has 0 spiro atoms.